The van der Waals surface area contributed by atoms with E-state index in [0.29, 0.717) is 0 Å². The fraction of sp³-hybridized carbons (Fsp3) is 0.0690. The quantitative estimate of drug-likeness (QED) is 0.143. The minimum Gasteiger partial charge on any atom is -0.0622 e. The molecule has 0 N–H and O–H groups in total. The Morgan fingerprint density at radius 2 is 0.741 bits per heavy atom. The lowest BCUT2D eigenvalue weighted by atomic mass is 9.67. The molecule has 0 heterocycles. The second-order valence-corrected chi connectivity index (χ2v) is 16.1. The Balaban J connectivity index is 1.14. The van der Waals surface area contributed by atoms with Crippen molar-refractivity contribution in [1.29, 1.82) is 0 Å². The number of hydrogen-bond acceptors (Lipinski definition) is 0. The number of benzene rings is 9. The summed E-state index contributed by atoms with van der Waals surface area (Å²) in [5, 5.41) is 0. The average molecular weight is 739 g/mol. The number of hydrogen-bond donors (Lipinski definition) is 0. The second kappa shape index (κ2) is 13.6. The molecule has 0 fully saturated rings. The number of fused-ring (bicyclic) bond motifs is 6. The van der Waals surface area contributed by atoms with Gasteiger partial charge in [-0.25, -0.2) is 0 Å². The van der Waals surface area contributed by atoms with Crippen molar-refractivity contribution >= 4 is 0 Å². The molecule has 274 valence electrons. The van der Waals surface area contributed by atoms with Crippen molar-refractivity contribution in [3.05, 3.63) is 286 Å². The predicted octanol–water partition coefficient (Wildman–Crippen LogP) is 14.2. The Hall–Kier alpha value is -7.02. The standard InChI is InChI=1S/C58H42/c1-57(45-21-7-3-8-22-45)52-29-14-11-26-48(52)51-37-36-44(39-55(51)57)56(42-34-32-41(33-35-42)40-18-5-2-6-19-40)43-20-17-25-47(38-43)58(46-23-9-4-10-24-46)53-30-15-12-27-49(53)50-28-13-16-31-54(50)58/h2-39,56H,1H3. The van der Waals surface area contributed by atoms with Crippen LogP contribution in [0.4, 0.5) is 0 Å². The normalized spacial score (nSPS) is 16.2. The molecule has 0 aromatic heterocycles. The molecule has 2 aliphatic rings. The van der Waals surface area contributed by atoms with Gasteiger partial charge in [-0.2, -0.15) is 0 Å². The van der Waals surface area contributed by atoms with Crippen LogP contribution in [0.1, 0.15) is 68.5 Å². The van der Waals surface area contributed by atoms with E-state index in [0.717, 1.165) is 0 Å². The highest BCUT2D eigenvalue weighted by Crippen LogP contribution is 2.57. The summed E-state index contributed by atoms with van der Waals surface area (Å²) in [6.07, 6.45) is 0. The zero-order chi connectivity index (χ0) is 38.7. The third kappa shape index (κ3) is 5.08. The molecule has 0 nitrogen and oxygen atoms in total. The van der Waals surface area contributed by atoms with Gasteiger partial charge in [-0.1, -0.05) is 231 Å². The maximum Gasteiger partial charge on any atom is 0.0713 e. The summed E-state index contributed by atoms with van der Waals surface area (Å²) in [7, 11) is 0. The SMILES string of the molecule is CC1(c2ccccc2)c2ccccc2-c2ccc(C(c3ccc(-c4ccccc4)cc3)c3cccc(C4(c5ccccc5)c5ccccc5-c5ccccc54)c3)cc21. The van der Waals surface area contributed by atoms with Gasteiger partial charge in [0.15, 0.2) is 0 Å². The Morgan fingerprint density at radius 1 is 0.293 bits per heavy atom. The monoisotopic (exact) mass is 738 g/mol. The summed E-state index contributed by atoms with van der Waals surface area (Å²) in [5.41, 5.74) is 20.0. The molecule has 0 saturated heterocycles. The molecule has 58 heavy (non-hydrogen) atoms. The summed E-state index contributed by atoms with van der Waals surface area (Å²) in [6, 6.07) is 86.1. The van der Waals surface area contributed by atoms with E-state index in [9.17, 15) is 0 Å². The van der Waals surface area contributed by atoms with Gasteiger partial charge in [0.05, 0.1) is 5.41 Å². The van der Waals surface area contributed by atoms with Crippen molar-refractivity contribution < 1.29 is 0 Å². The van der Waals surface area contributed by atoms with Gasteiger partial charge in [0.1, 0.15) is 0 Å². The number of rotatable bonds is 7. The summed E-state index contributed by atoms with van der Waals surface area (Å²) in [6.45, 7) is 2.42. The highest BCUT2D eigenvalue weighted by atomic mass is 14.5. The van der Waals surface area contributed by atoms with Crippen molar-refractivity contribution in [2.75, 3.05) is 0 Å². The van der Waals surface area contributed by atoms with Gasteiger partial charge in [0.2, 0.25) is 0 Å². The zero-order valence-electron chi connectivity index (χ0n) is 32.5. The van der Waals surface area contributed by atoms with Crippen molar-refractivity contribution in [1.82, 2.24) is 0 Å². The third-order valence-corrected chi connectivity index (χ3v) is 13.2. The van der Waals surface area contributed by atoms with Gasteiger partial charge in [0.25, 0.3) is 0 Å². The van der Waals surface area contributed by atoms with Crippen LogP contribution in [0.25, 0.3) is 33.4 Å². The first kappa shape index (κ1) is 34.2. The molecule has 0 saturated carbocycles. The topological polar surface area (TPSA) is 0 Å². The highest BCUT2D eigenvalue weighted by molar-refractivity contribution is 5.87. The molecule has 0 amide bonds. The molecule has 9 aromatic rings. The summed E-state index contributed by atoms with van der Waals surface area (Å²) in [5.74, 6) is -0.0153. The van der Waals surface area contributed by atoms with E-state index in [1.54, 1.807) is 0 Å². The summed E-state index contributed by atoms with van der Waals surface area (Å²) >= 11 is 0. The van der Waals surface area contributed by atoms with Crippen molar-refractivity contribution in [3.63, 3.8) is 0 Å². The maximum absolute atomic E-state index is 2.53. The van der Waals surface area contributed by atoms with Gasteiger partial charge in [0, 0.05) is 11.3 Å². The molecular formula is C58H42. The molecule has 2 unspecified atom stereocenters. The van der Waals surface area contributed by atoms with E-state index in [1.165, 1.54) is 89.0 Å². The van der Waals surface area contributed by atoms with Crippen LogP contribution >= 0.6 is 0 Å². The van der Waals surface area contributed by atoms with Crippen LogP contribution in [0, 0.1) is 0 Å². The summed E-state index contributed by atoms with van der Waals surface area (Å²) < 4.78 is 0. The van der Waals surface area contributed by atoms with Crippen LogP contribution in [0.15, 0.2) is 231 Å². The van der Waals surface area contributed by atoms with Crippen molar-refractivity contribution in [2.24, 2.45) is 0 Å². The fourth-order valence-corrected chi connectivity index (χ4v) is 10.5. The van der Waals surface area contributed by atoms with Gasteiger partial charge in [-0.3, -0.25) is 0 Å². The van der Waals surface area contributed by atoms with Crippen LogP contribution in [0.2, 0.25) is 0 Å². The van der Waals surface area contributed by atoms with Crippen LogP contribution in [-0.2, 0) is 10.8 Å². The molecule has 0 aliphatic heterocycles. The lowest BCUT2D eigenvalue weighted by Gasteiger charge is -2.34. The van der Waals surface area contributed by atoms with Gasteiger partial charge in [-0.05, 0) is 95.9 Å². The van der Waals surface area contributed by atoms with E-state index < -0.39 is 5.41 Å². The highest BCUT2D eigenvalue weighted by Gasteiger charge is 2.46. The molecule has 0 heteroatoms. The Bertz CT molecular complexity index is 2890. The largest absolute Gasteiger partial charge is 0.0713 e. The maximum atomic E-state index is 2.53. The lowest BCUT2D eigenvalue weighted by Crippen LogP contribution is -2.28. The van der Waals surface area contributed by atoms with E-state index in [-0.39, 0.29) is 11.3 Å². The molecule has 11 rings (SSSR count). The average Bonchev–Trinajstić information content (AvgIpc) is 3.75. The van der Waals surface area contributed by atoms with Crippen LogP contribution in [-0.4, -0.2) is 0 Å². The second-order valence-electron chi connectivity index (χ2n) is 16.1. The Kier molecular flexibility index (Phi) is 8.02. The minimum absolute atomic E-state index is 0.0153. The third-order valence-electron chi connectivity index (χ3n) is 13.2. The van der Waals surface area contributed by atoms with E-state index in [1.807, 2.05) is 0 Å². The van der Waals surface area contributed by atoms with Gasteiger partial charge in [-0.15, -0.1) is 0 Å². The van der Waals surface area contributed by atoms with Crippen LogP contribution in [0.5, 0.6) is 0 Å². The molecule has 0 bridgehead atoms. The van der Waals surface area contributed by atoms with Gasteiger partial charge < -0.3 is 0 Å². The molecule has 2 aliphatic carbocycles. The Morgan fingerprint density at radius 3 is 1.38 bits per heavy atom. The first-order valence-electron chi connectivity index (χ1n) is 20.5. The van der Waals surface area contributed by atoms with E-state index in [2.05, 4.69) is 237 Å². The predicted molar refractivity (Wildman–Crippen MR) is 240 cm³/mol. The Labute approximate surface area is 341 Å². The van der Waals surface area contributed by atoms with E-state index >= 15 is 0 Å². The zero-order valence-corrected chi connectivity index (χ0v) is 32.5. The first-order valence-corrected chi connectivity index (χ1v) is 20.5. The molecule has 0 spiro atoms. The van der Waals surface area contributed by atoms with Crippen LogP contribution in [0.3, 0.4) is 0 Å². The van der Waals surface area contributed by atoms with Crippen molar-refractivity contribution in [3.8, 4) is 33.4 Å². The first-order chi connectivity index (χ1) is 28.7. The summed E-state index contributed by atoms with van der Waals surface area (Å²) in [4.78, 5) is 0. The molecule has 9 aromatic carbocycles. The molecular weight excluding hydrogens is 697 g/mol. The minimum atomic E-state index is -0.475. The molecule has 2 atom stereocenters. The fourth-order valence-electron chi connectivity index (χ4n) is 10.5. The van der Waals surface area contributed by atoms with Crippen molar-refractivity contribution in [2.45, 2.75) is 23.7 Å². The smallest absolute Gasteiger partial charge is 0.0622 e. The molecule has 0 radical (unpaired) electrons. The lowest BCUT2D eigenvalue weighted by molar-refractivity contribution is 0.711. The van der Waals surface area contributed by atoms with E-state index in [4.69, 9.17) is 0 Å². The van der Waals surface area contributed by atoms with Gasteiger partial charge >= 0.3 is 0 Å². The van der Waals surface area contributed by atoms with Crippen LogP contribution < -0.4 is 0 Å².